The van der Waals surface area contributed by atoms with E-state index in [2.05, 4.69) is 32.5 Å². The van der Waals surface area contributed by atoms with Gasteiger partial charge in [-0.25, -0.2) is 4.79 Å². The van der Waals surface area contributed by atoms with Gasteiger partial charge in [-0.2, -0.15) is 5.26 Å². The summed E-state index contributed by atoms with van der Waals surface area (Å²) >= 11 is 3.64. The highest BCUT2D eigenvalue weighted by atomic mass is 79.9. The number of hydrogen-bond acceptors (Lipinski definition) is 3. The van der Waals surface area contributed by atoms with E-state index in [-0.39, 0.29) is 5.97 Å². The van der Waals surface area contributed by atoms with Crippen LogP contribution in [0, 0.1) is 11.3 Å². The van der Waals surface area contributed by atoms with Crippen molar-refractivity contribution >= 4 is 38.3 Å². The van der Waals surface area contributed by atoms with Crippen molar-refractivity contribution < 1.29 is 9.53 Å². The first-order chi connectivity index (χ1) is 13.6. The minimum atomic E-state index is -0.331. The van der Waals surface area contributed by atoms with Gasteiger partial charge in [0.05, 0.1) is 34.8 Å². The molecule has 0 saturated heterocycles. The van der Waals surface area contributed by atoms with Crippen LogP contribution in [0.2, 0.25) is 0 Å². The van der Waals surface area contributed by atoms with Gasteiger partial charge in [0.25, 0.3) is 0 Å². The minimum Gasteiger partial charge on any atom is -0.462 e. The van der Waals surface area contributed by atoms with E-state index in [9.17, 15) is 4.79 Å². The van der Waals surface area contributed by atoms with Gasteiger partial charge in [0.1, 0.15) is 0 Å². The predicted molar refractivity (Wildman–Crippen MR) is 113 cm³/mol. The maximum atomic E-state index is 12.6. The van der Waals surface area contributed by atoms with Crippen LogP contribution in [0.3, 0.4) is 0 Å². The molecule has 4 aromatic rings. The molecule has 0 amide bonds. The second kappa shape index (κ2) is 7.49. The number of nitriles is 1. The fraction of sp³-hybridized carbons (Fsp3) is 0.130. The lowest BCUT2D eigenvalue weighted by Crippen LogP contribution is -2.04. The van der Waals surface area contributed by atoms with Crippen LogP contribution in [0.4, 0.5) is 0 Å². The summed E-state index contributed by atoms with van der Waals surface area (Å²) in [7, 11) is 0. The lowest BCUT2D eigenvalue weighted by molar-refractivity contribution is 0.0528. The van der Waals surface area contributed by atoms with Gasteiger partial charge in [0.2, 0.25) is 0 Å². The molecular weight excluding hydrogens is 416 g/mol. The summed E-state index contributed by atoms with van der Waals surface area (Å²) in [5.41, 5.74) is 5.06. The molecule has 0 aliphatic heterocycles. The zero-order valence-corrected chi connectivity index (χ0v) is 16.9. The van der Waals surface area contributed by atoms with Gasteiger partial charge >= 0.3 is 5.97 Å². The summed E-state index contributed by atoms with van der Waals surface area (Å²) in [5.74, 6) is -0.331. The maximum Gasteiger partial charge on any atom is 0.340 e. The lowest BCUT2D eigenvalue weighted by atomic mass is 10.1. The Morgan fingerprint density at radius 2 is 1.89 bits per heavy atom. The fourth-order valence-electron chi connectivity index (χ4n) is 3.49. The molecule has 0 spiro atoms. The van der Waals surface area contributed by atoms with Crippen LogP contribution in [-0.4, -0.2) is 17.0 Å². The molecule has 138 valence electrons. The number of esters is 1. The number of benzene rings is 2. The summed E-state index contributed by atoms with van der Waals surface area (Å²) in [6, 6.07) is 21.7. The molecule has 0 aliphatic rings. The summed E-state index contributed by atoms with van der Waals surface area (Å²) in [4.78, 5) is 12.6. The van der Waals surface area contributed by atoms with Crippen LogP contribution >= 0.6 is 15.9 Å². The summed E-state index contributed by atoms with van der Waals surface area (Å²) in [6.45, 7) is 2.13. The number of carbonyl (C=O) groups is 1. The molecule has 5 heteroatoms. The number of fused-ring (bicyclic) bond motifs is 3. The highest BCUT2D eigenvalue weighted by Gasteiger charge is 2.20. The molecule has 2 aromatic carbocycles. The number of carbonyl (C=O) groups excluding carboxylic acids is 1. The number of hydrogen-bond donors (Lipinski definition) is 0. The van der Waals surface area contributed by atoms with Gasteiger partial charge in [-0.3, -0.25) is 0 Å². The van der Waals surface area contributed by atoms with E-state index >= 15 is 0 Å². The van der Waals surface area contributed by atoms with E-state index in [4.69, 9.17) is 10.00 Å². The van der Waals surface area contributed by atoms with E-state index in [0.29, 0.717) is 24.2 Å². The van der Waals surface area contributed by atoms with Crippen molar-refractivity contribution in [3.8, 4) is 6.07 Å². The van der Waals surface area contributed by atoms with Gasteiger partial charge in [-0.15, -0.1) is 0 Å². The van der Waals surface area contributed by atoms with Gasteiger partial charge in [-0.05, 0) is 64.1 Å². The standard InChI is InChI=1S/C23H17BrN2O2/c1-2-28-23(27)19-13-18(11-15-7-9-16(14-25)10-8-15)26-21-6-4-3-5-17(21)12-20(24)22(19)26/h3-10,12-13H,2,11H2,1H3. The highest BCUT2D eigenvalue weighted by Crippen LogP contribution is 2.32. The molecule has 4 rings (SSSR count). The fourth-order valence-corrected chi connectivity index (χ4v) is 4.13. The minimum absolute atomic E-state index is 0.326. The Bertz CT molecular complexity index is 1230. The Labute approximate surface area is 171 Å². The SMILES string of the molecule is CCOC(=O)c1cc(Cc2ccc(C#N)cc2)n2c1c(Br)cc1ccccc12. The topological polar surface area (TPSA) is 54.5 Å². The average molecular weight is 433 g/mol. The van der Waals surface area contributed by atoms with Crippen LogP contribution in [0.15, 0.2) is 65.1 Å². The number of para-hydroxylation sites is 1. The first-order valence-corrected chi connectivity index (χ1v) is 9.79. The van der Waals surface area contributed by atoms with E-state index in [0.717, 1.165) is 32.1 Å². The first-order valence-electron chi connectivity index (χ1n) is 9.00. The molecule has 0 bridgehead atoms. The zero-order chi connectivity index (χ0) is 19.7. The third-order valence-corrected chi connectivity index (χ3v) is 5.33. The number of ether oxygens (including phenoxy) is 1. The quantitative estimate of drug-likeness (QED) is 0.400. The first kappa shape index (κ1) is 18.3. The third-order valence-electron chi connectivity index (χ3n) is 4.73. The van der Waals surface area contributed by atoms with Crippen LogP contribution in [0.25, 0.3) is 16.4 Å². The van der Waals surface area contributed by atoms with Crippen LogP contribution in [0.1, 0.15) is 34.1 Å². The molecule has 2 aromatic heterocycles. The van der Waals surface area contributed by atoms with Crippen molar-refractivity contribution in [2.45, 2.75) is 13.3 Å². The van der Waals surface area contributed by atoms with Gasteiger partial charge < -0.3 is 9.14 Å². The predicted octanol–water partition coefficient (Wildman–Crippen LogP) is 5.49. The molecule has 0 atom stereocenters. The van der Waals surface area contributed by atoms with Crippen molar-refractivity contribution in [1.82, 2.24) is 4.40 Å². The highest BCUT2D eigenvalue weighted by molar-refractivity contribution is 9.10. The third kappa shape index (κ3) is 3.17. The van der Waals surface area contributed by atoms with E-state index in [1.54, 1.807) is 6.92 Å². The molecular formula is C23H17BrN2O2. The second-order valence-corrected chi connectivity index (χ2v) is 7.34. The number of rotatable bonds is 4. The van der Waals surface area contributed by atoms with Crippen molar-refractivity contribution in [2.75, 3.05) is 6.61 Å². The van der Waals surface area contributed by atoms with Gasteiger partial charge in [-0.1, -0.05) is 30.3 Å². The Balaban J connectivity index is 1.95. The summed E-state index contributed by atoms with van der Waals surface area (Å²) < 4.78 is 8.25. The molecule has 28 heavy (non-hydrogen) atoms. The van der Waals surface area contributed by atoms with Crippen LogP contribution < -0.4 is 0 Å². The van der Waals surface area contributed by atoms with E-state index in [1.165, 1.54) is 0 Å². The van der Waals surface area contributed by atoms with E-state index < -0.39 is 0 Å². The second-order valence-electron chi connectivity index (χ2n) is 6.49. The Hall–Kier alpha value is -3.10. The molecule has 0 unspecified atom stereocenters. The van der Waals surface area contributed by atoms with Gasteiger partial charge in [0.15, 0.2) is 0 Å². The summed E-state index contributed by atoms with van der Waals surface area (Å²) in [5, 5.41) is 10.1. The lowest BCUT2D eigenvalue weighted by Gasteiger charge is -2.10. The molecule has 0 aliphatic carbocycles. The molecule has 0 radical (unpaired) electrons. The summed E-state index contributed by atoms with van der Waals surface area (Å²) in [6.07, 6.45) is 0.632. The van der Waals surface area contributed by atoms with E-state index in [1.807, 2.05) is 54.6 Å². The molecule has 0 saturated carbocycles. The molecule has 2 heterocycles. The van der Waals surface area contributed by atoms with Gasteiger partial charge in [0, 0.05) is 16.6 Å². The monoisotopic (exact) mass is 432 g/mol. The normalized spacial score (nSPS) is 10.9. The Morgan fingerprint density at radius 1 is 1.14 bits per heavy atom. The van der Waals surface area contributed by atoms with Crippen molar-refractivity contribution in [2.24, 2.45) is 0 Å². The molecule has 0 fully saturated rings. The van der Waals surface area contributed by atoms with Crippen LogP contribution in [-0.2, 0) is 11.2 Å². The maximum absolute atomic E-state index is 12.6. The average Bonchev–Trinajstić information content (AvgIpc) is 3.09. The molecule has 4 nitrogen and oxygen atoms in total. The Morgan fingerprint density at radius 3 is 2.61 bits per heavy atom. The number of aromatic nitrogens is 1. The van der Waals surface area contributed by atoms with Crippen molar-refractivity contribution in [1.29, 1.82) is 5.26 Å². The molecule has 0 N–H and O–H groups in total. The largest absolute Gasteiger partial charge is 0.462 e. The number of halogens is 1. The van der Waals surface area contributed by atoms with Crippen molar-refractivity contribution in [3.63, 3.8) is 0 Å². The number of pyridine rings is 1. The Kier molecular flexibility index (Phi) is 4.89. The zero-order valence-electron chi connectivity index (χ0n) is 15.3. The van der Waals surface area contributed by atoms with Crippen LogP contribution in [0.5, 0.6) is 0 Å². The smallest absolute Gasteiger partial charge is 0.340 e. The number of nitrogens with zero attached hydrogens (tertiary/aromatic N) is 2. The van der Waals surface area contributed by atoms with Crippen molar-refractivity contribution in [3.05, 3.63) is 87.5 Å².